The van der Waals surface area contributed by atoms with Crippen molar-refractivity contribution < 1.29 is 9.15 Å². The van der Waals surface area contributed by atoms with Gasteiger partial charge in [-0.15, -0.1) is 0 Å². The Bertz CT molecular complexity index is 804. The van der Waals surface area contributed by atoms with Gasteiger partial charge in [0.15, 0.2) is 5.75 Å². The van der Waals surface area contributed by atoms with E-state index in [0.717, 1.165) is 5.39 Å². The summed E-state index contributed by atoms with van der Waals surface area (Å²) in [5.41, 5.74) is 0.599. The first-order chi connectivity index (χ1) is 9.81. The van der Waals surface area contributed by atoms with E-state index in [9.17, 15) is 0 Å². The highest BCUT2D eigenvalue weighted by Crippen LogP contribution is 2.35. The standard InChI is InChI=1S/C14H10N4O2/c1-16-12-6-13(18-8-17-12)20-14-9-4-2-3-5-10(9)19-11(14)7-15/h2-6,8H,1H3,(H,16,17,18). The number of furan rings is 1. The SMILES string of the molecule is CNc1cc(Oc2c(C#N)oc3ccccc23)ncn1. The van der Waals surface area contributed by atoms with Crippen LogP contribution in [0.3, 0.4) is 0 Å². The van der Waals surface area contributed by atoms with Crippen LogP contribution in [0.2, 0.25) is 0 Å². The molecule has 2 aromatic heterocycles. The molecule has 0 fully saturated rings. The van der Waals surface area contributed by atoms with Gasteiger partial charge in [0, 0.05) is 13.1 Å². The summed E-state index contributed by atoms with van der Waals surface area (Å²) in [6.45, 7) is 0. The predicted molar refractivity (Wildman–Crippen MR) is 72.6 cm³/mol. The molecule has 0 radical (unpaired) electrons. The van der Waals surface area contributed by atoms with Crippen LogP contribution in [0, 0.1) is 11.3 Å². The van der Waals surface area contributed by atoms with E-state index in [1.165, 1.54) is 6.33 Å². The van der Waals surface area contributed by atoms with Gasteiger partial charge in [0.1, 0.15) is 23.8 Å². The lowest BCUT2D eigenvalue weighted by Gasteiger charge is -2.04. The Balaban J connectivity index is 2.07. The van der Waals surface area contributed by atoms with Crippen LogP contribution in [0.15, 0.2) is 41.1 Å². The third-order valence-electron chi connectivity index (χ3n) is 2.76. The summed E-state index contributed by atoms with van der Waals surface area (Å²) in [5.74, 6) is 1.45. The van der Waals surface area contributed by atoms with Crippen molar-refractivity contribution in [3.63, 3.8) is 0 Å². The van der Waals surface area contributed by atoms with Crippen LogP contribution >= 0.6 is 0 Å². The molecule has 6 heteroatoms. The van der Waals surface area contributed by atoms with Crippen molar-refractivity contribution in [3.8, 4) is 17.7 Å². The summed E-state index contributed by atoms with van der Waals surface area (Å²) >= 11 is 0. The van der Waals surface area contributed by atoms with E-state index < -0.39 is 0 Å². The molecule has 0 unspecified atom stereocenters. The molecule has 3 aromatic rings. The zero-order valence-corrected chi connectivity index (χ0v) is 10.6. The van der Waals surface area contributed by atoms with E-state index in [1.807, 2.05) is 24.3 Å². The van der Waals surface area contributed by atoms with Gasteiger partial charge in [-0.3, -0.25) is 0 Å². The number of nitriles is 1. The molecule has 0 saturated carbocycles. The van der Waals surface area contributed by atoms with Gasteiger partial charge >= 0.3 is 0 Å². The van der Waals surface area contributed by atoms with Gasteiger partial charge in [-0.25, -0.2) is 9.97 Å². The molecular formula is C14H10N4O2. The summed E-state index contributed by atoms with van der Waals surface area (Å²) in [7, 11) is 1.75. The maximum absolute atomic E-state index is 9.13. The van der Waals surface area contributed by atoms with Crippen LogP contribution in [0.25, 0.3) is 11.0 Å². The molecule has 0 saturated heterocycles. The van der Waals surface area contributed by atoms with Crippen LogP contribution in [-0.2, 0) is 0 Å². The molecule has 2 heterocycles. The largest absolute Gasteiger partial charge is 0.442 e. The Morgan fingerprint density at radius 1 is 1.30 bits per heavy atom. The second kappa shape index (κ2) is 4.90. The maximum Gasteiger partial charge on any atom is 0.247 e. The maximum atomic E-state index is 9.13. The zero-order chi connectivity index (χ0) is 13.9. The van der Waals surface area contributed by atoms with E-state index in [0.29, 0.717) is 23.0 Å². The quantitative estimate of drug-likeness (QED) is 0.784. The molecule has 0 aliphatic rings. The van der Waals surface area contributed by atoms with Crippen molar-refractivity contribution in [1.29, 1.82) is 5.26 Å². The summed E-state index contributed by atoms with van der Waals surface area (Å²) < 4.78 is 11.1. The topological polar surface area (TPSA) is 84.0 Å². The van der Waals surface area contributed by atoms with E-state index >= 15 is 0 Å². The average molecular weight is 266 g/mol. The number of nitrogens with one attached hydrogen (secondary N) is 1. The number of benzene rings is 1. The lowest BCUT2D eigenvalue weighted by atomic mass is 10.2. The van der Waals surface area contributed by atoms with Gasteiger partial charge in [0.25, 0.3) is 0 Å². The molecule has 0 aliphatic carbocycles. The van der Waals surface area contributed by atoms with Gasteiger partial charge in [-0.2, -0.15) is 5.26 Å². The summed E-state index contributed by atoms with van der Waals surface area (Å²) in [4.78, 5) is 8.02. The zero-order valence-electron chi connectivity index (χ0n) is 10.6. The highest BCUT2D eigenvalue weighted by Gasteiger charge is 2.16. The molecule has 98 valence electrons. The first-order valence-corrected chi connectivity index (χ1v) is 5.91. The van der Waals surface area contributed by atoms with Crippen molar-refractivity contribution in [1.82, 2.24) is 9.97 Å². The normalized spacial score (nSPS) is 10.2. The fraction of sp³-hybridized carbons (Fsp3) is 0.0714. The van der Waals surface area contributed by atoms with Crippen molar-refractivity contribution in [2.24, 2.45) is 0 Å². The summed E-state index contributed by atoms with van der Waals surface area (Å²) in [6, 6.07) is 10.9. The highest BCUT2D eigenvalue weighted by molar-refractivity contribution is 5.86. The monoisotopic (exact) mass is 266 g/mol. The number of hydrogen-bond donors (Lipinski definition) is 1. The van der Waals surface area contributed by atoms with Crippen LogP contribution in [0.4, 0.5) is 5.82 Å². The predicted octanol–water partition coefficient (Wildman–Crippen LogP) is 2.93. The van der Waals surface area contributed by atoms with E-state index in [1.54, 1.807) is 19.2 Å². The van der Waals surface area contributed by atoms with Crippen molar-refractivity contribution >= 4 is 16.8 Å². The lowest BCUT2D eigenvalue weighted by Crippen LogP contribution is -1.95. The van der Waals surface area contributed by atoms with Crippen molar-refractivity contribution in [3.05, 3.63) is 42.4 Å². The third kappa shape index (κ3) is 2.01. The molecule has 0 bridgehead atoms. The Morgan fingerprint density at radius 2 is 2.15 bits per heavy atom. The Hall–Kier alpha value is -3.07. The molecule has 20 heavy (non-hydrogen) atoms. The molecule has 0 amide bonds. The highest BCUT2D eigenvalue weighted by atomic mass is 16.5. The van der Waals surface area contributed by atoms with Crippen molar-refractivity contribution in [2.45, 2.75) is 0 Å². The van der Waals surface area contributed by atoms with Crippen molar-refractivity contribution in [2.75, 3.05) is 12.4 Å². The number of ether oxygens (including phenoxy) is 1. The Kier molecular flexibility index (Phi) is 2.94. The number of anilines is 1. The second-order valence-corrected chi connectivity index (χ2v) is 3.96. The number of hydrogen-bond acceptors (Lipinski definition) is 6. The second-order valence-electron chi connectivity index (χ2n) is 3.96. The van der Waals surface area contributed by atoms with Gasteiger partial charge in [0.2, 0.25) is 11.6 Å². The summed E-state index contributed by atoms with van der Waals surface area (Å²) in [6.07, 6.45) is 1.38. The molecule has 1 N–H and O–H groups in total. The summed E-state index contributed by atoms with van der Waals surface area (Å²) in [5, 5.41) is 12.8. The van der Waals surface area contributed by atoms with Crippen LogP contribution < -0.4 is 10.1 Å². The average Bonchev–Trinajstić information content (AvgIpc) is 2.85. The molecule has 0 aliphatic heterocycles. The van der Waals surface area contributed by atoms with Gasteiger partial charge < -0.3 is 14.5 Å². The lowest BCUT2D eigenvalue weighted by molar-refractivity contribution is 0.449. The molecule has 0 atom stereocenters. The number of para-hydroxylation sites is 1. The Labute approximate surface area is 114 Å². The van der Waals surface area contributed by atoms with E-state index in [4.69, 9.17) is 14.4 Å². The molecule has 0 spiro atoms. The smallest absolute Gasteiger partial charge is 0.247 e. The molecule has 6 nitrogen and oxygen atoms in total. The minimum absolute atomic E-state index is 0.121. The van der Waals surface area contributed by atoms with Gasteiger partial charge in [0.05, 0.1) is 5.39 Å². The first-order valence-electron chi connectivity index (χ1n) is 5.91. The third-order valence-corrected chi connectivity index (χ3v) is 2.76. The molecular weight excluding hydrogens is 256 g/mol. The minimum Gasteiger partial charge on any atom is -0.442 e. The van der Waals surface area contributed by atoms with Gasteiger partial charge in [-0.05, 0) is 12.1 Å². The number of fused-ring (bicyclic) bond motifs is 1. The van der Waals surface area contributed by atoms with Crippen LogP contribution in [0.5, 0.6) is 11.6 Å². The van der Waals surface area contributed by atoms with Gasteiger partial charge in [-0.1, -0.05) is 12.1 Å². The molecule has 3 rings (SSSR count). The fourth-order valence-electron chi connectivity index (χ4n) is 1.83. The molecule has 1 aromatic carbocycles. The number of nitrogens with zero attached hydrogens (tertiary/aromatic N) is 3. The van der Waals surface area contributed by atoms with E-state index in [2.05, 4.69) is 15.3 Å². The first kappa shape index (κ1) is 12.0. The fourth-order valence-corrected chi connectivity index (χ4v) is 1.83. The Morgan fingerprint density at radius 3 is 2.95 bits per heavy atom. The van der Waals surface area contributed by atoms with Crippen LogP contribution in [0.1, 0.15) is 5.76 Å². The van der Waals surface area contributed by atoms with E-state index in [-0.39, 0.29) is 5.76 Å². The minimum atomic E-state index is 0.121. The number of aromatic nitrogens is 2. The van der Waals surface area contributed by atoms with Crippen LogP contribution in [-0.4, -0.2) is 17.0 Å². The number of rotatable bonds is 3.